The maximum absolute atomic E-state index is 11.5. The number of halogens is 1. The zero-order valence-corrected chi connectivity index (χ0v) is 13.0. The highest BCUT2D eigenvalue weighted by Gasteiger charge is 2.06. The van der Waals surface area contributed by atoms with Crippen LogP contribution in [0.4, 0.5) is 5.69 Å². The number of hydrogen-bond acceptors (Lipinski definition) is 2. The van der Waals surface area contributed by atoms with E-state index in [4.69, 9.17) is 11.6 Å². The predicted molar refractivity (Wildman–Crippen MR) is 87.7 cm³/mol. The fraction of sp³-hybridized carbons (Fsp3) is 0.235. The Morgan fingerprint density at radius 2 is 1.95 bits per heavy atom. The summed E-state index contributed by atoms with van der Waals surface area (Å²) in [6, 6.07) is 13.9. The molecule has 2 aromatic carbocycles. The number of anilines is 1. The summed E-state index contributed by atoms with van der Waals surface area (Å²) < 4.78 is 0. The van der Waals surface area contributed by atoms with E-state index in [9.17, 15) is 4.79 Å². The van der Waals surface area contributed by atoms with Crippen molar-refractivity contribution >= 4 is 23.2 Å². The Balaban J connectivity index is 2.09. The van der Waals surface area contributed by atoms with Crippen LogP contribution in [0.3, 0.4) is 0 Å². The van der Waals surface area contributed by atoms with Gasteiger partial charge in [0, 0.05) is 24.3 Å². The molecule has 4 heteroatoms. The predicted octanol–water partition coefficient (Wildman–Crippen LogP) is 3.55. The van der Waals surface area contributed by atoms with Crippen molar-refractivity contribution in [3.63, 3.8) is 0 Å². The van der Waals surface area contributed by atoms with Crippen molar-refractivity contribution in [2.24, 2.45) is 0 Å². The molecule has 2 aromatic rings. The number of para-hydroxylation sites is 1. The first-order chi connectivity index (χ1) is 10.1. The summed E-state index contributed by atoms with van der Waals surface area (Å²) in [5.41, 5.74) is 4.13. The zero-order chi connectivity index (χ0) is 15.2. The molecule has 0 heterocycles. The summed E-state index contributed by atoms with van der Waals surface area (Å²) >= 11 is 6.13. The van der Waals surface area contributed by atoms with E-state index in [1.54, 1.807) is 7.05 Å². The number of hydrogen-bond donors (Lipinski definition) is 2. The zero-order valence-electron chi connectivity index (χ0n) is 12.2. The van der Waals surface area contributed by atoms with E-state index in [0.717, 1.165) is 27.4 Å². The van der Waals surface area contributed by atoms with Crippen molar-refractivity contribution in [1.82, 2.24) is 5.32 Å². The lowest BCUT2D eigenvalue weighted by atomic mass is 10.1. The van der Waals surface area contributed by atoms with Crippen LogP contribution < -0.4 is 10.6 Å². The minimum Gasteiger partial charge on any atom is -0.381 e. The molecule has 0 saturated heterocycles. The molecule has 0 aliphatic rings. The lowest BCUT2D eigenvalue weighted by Gasteiger charge is -2.12. The number of carbonyl (C=O) groups excluding carboxylic acids is 1. The summed E-state index contributed by atoms with van der Waals surface area (Å²) in [6.45, 7) is 2.66. The van der Waals surface area contributed by atoms with E-state index in [1.807, 2.05) is 43.3 Å². The first-order valence-corrected chi connectivity index (χ1v) is 7.25. The summed E-state index contributed by atoms with van der Waals surface area (Å²) in [5, 5.41) is 6.78. The molecule has 0 spiro atoms. The number of amides is 1. The second kappa shape index (κ2) is 7.14. The van der Waals surface area contributed by atoms with Crippen molar-refractivity contribution in [3.8, 4) is 0 Å². The molecular weight excluding hydrogens is 284 g/mol. The van der Waals surface area contributed by atoms with Gasteiger partial charge in [-0.3, -0.25) is 4.79 Å². The number of aryl methyl sites for hydroxylation is 1. The molecule has 0 aliphatic carbocycles. The van der Waals surface area contributed by atoms with Crippen molar-refractivity contribution in [3.05, 3.63) is 64.2 Å². The monoisotopic (exact) mass is 302 g/mol. The van der Waals surface area contributed by atoms with Crippen LogP contribution >= 0.6 is 11.6 Å². The number of likely N-dealkylation sites (N-methyl/N-ethyl adjacent to an activating group) is 1. The number of rotatable bonds is 5. The normalized spacial score (nSPS) is 10.2. The molecular formula is C17H19ClN2O. The summed E-state index contributed by atoms with van der Waals surface area (Å²) in [7, 11) is 1.65. The van der Waals surface area contributed by atoms with Gasteiger partial charge in [0.15, 0.2) is 0 Å². The quantitative estimate of drug-likeness (QED) is 0.887. The van der Waals surface area contributed by atoms with Crippen LogP contribution in [0, 0.1) is 6.92 Å². The minimum atomic E-state index is 0.00244. The van der Waals surface area contributed by atoms with Crippen LogP contribution in [0.1, 0.15) is 16.7 Å². The van der Waals surface area contributed by atoms with Gasteiger partial charge in [-0.15, -0.1) is 0 Å². The molecule has 0 aromatic heterocycles. The fourth-order valence-electron chi connectivity index (χ4n) is 2.05. The van der Waals surface area contributed by atoms with E-state index in [1.165, 1.54) is 0 Å². The number of carbonyl (C=O) groups is 1. The average Bonchev–Trinajstić information content (AvgIpc) is 2.49. The first-order valence-electron chi connectivity index (χ1n) is 6.87. The largest absolute Gasteiger partial charge is 0.381 e. The van der Waals surface area contributed by atoms with Crippen molar-refractivity contribution in [1.29, 1.82) is 0 Å². The molecule has 3 nitrogen and oxygen atoms in total. The topological polar surface area (TPSA) is 41.1 Å². The second-order valence-corrected chi connectivity index (χ2v) is 5.35. The van der Waals surface area contributed by atoms with Gasteiger partial charge < -0.3 is 10.6 Å². The van der Waals surface area contributed by atoms with Gasteiger partial charge in [-0.2, -0.15) is 0 Å². The average molecular weight is 303 g/mol. The van der Waals surface area contributed by atoms with E-state index < -0.39 is 0 Å². The van der Waals surface area contributed by atoms with Crippen LogP contribution in [-0.2, 0) is 17.8 Å². The van der Waals surface area contributed by atoms with Gasteiger partial charge in [0.2, 0.25) is 5.91 Å². The molecule has 1 amide bonds. The lowest BCUT2D eigenvalue weighted by Crippen LogP contribution is -2.20. The van der Waals surface area contributed by atoms with Crippen LogP contribution in [0.15, 0.2) is 42.5 Å². The van der Waals surface area contributed by atoms with Gasteiger partial charge in [0.1, 0.15) is 0 Å². The third-order valence-corrected chi connectivity index (χ3v) is 3.77. The smallest absolute Gasteiger partial charge is 0.224 e. The highest BCUT2D eigenvalue weighted by atomic mass is 35.5. The second-order valence-electron chi connectivity index (χ2n) is 4.94. The summed E-state index contributed by atoms with van der Waals surface area (Å²) in [6.07, 6.45) is 0.369. The molecule has 2 N–H and O–H groups in total. The molecule has 2 rings (SSSR count). The summed E-state index contributed by atoms with van der Waals surface area (Å²) in [5.74, 6) is 0.00244. The van der Waals surface area contributed by atoms with Gasteiger partial charge in [-0.25, -0.2) is 0 Å². The van der Waals surface area contributed by atoms with E-state index in [-0.39, 0.29) is 5.91 Å². The van der Waals surface area contributed by atoms with Crippen LogP contribution in [0.2, 0.25) is 5.02 Å². The first kappa shape index (κ1) is 15.4. The van der Waals surface area contributed by atoms with Gasteiger partial charge in [-0.05, 0) is 35.7 Å². The Morgan fingerprint density at radius 1 is 1.19 bits per heavy atom. The van der Waals surface area contributed by atoms with E-state index in [0.29, 0.717) is 13.0 Å². The molecule has 0 fully saturated rings. The summed E-state index contributed by atoms with van der Waals surface area (Å²) in [4.78, 5) is 11.5. The molecule has 0 unspecified atom stereocenters. The Bertz CT molecular complexity index is 640. The van der Waals surface area contributed by atoms with Crippen molar-refractivity contribution in [2.75, 3.05) is 12.4 Å². The Hall–Kier alpha value is -2.00. The van der Waals surface area contributed by atoms with Crippen molar-refractivity contribution < 1.29 is 4.79 Å². The standard InChI is InChI=1S/C17H19ClN2O/c1-12-7-8-13(9-15(12)18)11-20-16-6-4-3-5-14(16)10-17(21)19-2/h3-9,20H,10-11H2,1-2H3,(H,19,21). The van der Waals surface area contributed by atoms with Gasteiger partial charge in [0.05, 0.1) is 6.42 Å². The fourth-order valence-corrected chi connectivity index (χ4v) is 2.26. The molecule has 0 bridgehead atoms. The highest BCUT2D eigenvalue weighted by Crippen LogP contribution is 2.20. The maximum atomic E-state index is 11.5. The molecule has 110 valence electrons. The van der Waals surface area contributed by atoms with Crippen LogP contribution in [0.25, 0.3) is 0 Å². The number of benzene rings is 2. The molecule has 21 heavy (non-hydrogen) atoms. The Kier molecular flexibility index (Phi) is 5.23. The maximum Gasteiger partial charge on any atom is 0.224 e. The Morgan fingerprint density at radius 3 is 2.67 bits per heavy atom. The molecule has 0 radical (unpaired) electrons. The Labute approximate surface area is 130 Å². The SMILES string of the molecule is CNC(=O)Cc1ccccc1NCc1ccc(C)c(Cl)c1. The highest BCUT2D eigenvalue weighted by molar-refractivity contribution is 6.31. The van der Waals surface area contributed by atoms with Gasteiger partial charge in [0.25, 0.3) is 0 Å². The molecule has 0 saturated carbocycles. The third-order valence-electron chi connectivity index (χ3n) is 3.37. The van der Waals surface area contributed by atoms with Crippen molar-refractivity contribution in [2.45, 2.75) is 19.9 Å². The minimum absolute atomic E-state index is 0.00244. The van der Waals surface area contributed by atoms with Crippen LogP contribution in [-0.4, -0.2) is 13.0 Å². The number of nitrogens with one attached hydrogen (secondary N) is 2. The lowest BCUT2D eigenvalue weighted by molar-refractivity contribution is -0.119. The molecule has 0 atom stereocenters. The molecule has 0 aliphatic heterocycles. The van der Waals surface area contributed by atoms with Crippen LogP contribution in [0.5, 0.6) is 0 Å². The van der Waals surface area contributed by atoms with Gasteiger partial charge >= 0.3 is 0 Å². The third kappa shape index (κ3) is 4.23. The van der Waals surface area contributed by atoms with Gasteiger partial charge in [-0.1, -0.05) is 41.9 Å². The van der Waals surface area contributed by atoms with E-state index >= 15 is 0 Å². The van der Waals surface area contributed by atoms with E-state index in [2.05, 4.69) is 16.7 Å².